The maximum Gasteiger partial charge on any atom is 0.0346 e. The molecule has 0 aliphatic rings. The van der Waals surface area contributed by atoms with Gasteiger partial charge in [-0.1, -0.05) is 38.5 Å². The van der Waals surface area contributed by atoms with Gasteiger partial charge in [0.05, 0.1) is 0 Å². The number of hydrogen-bond donors (Lipinski definition) is 1. The van der Waals surface area contributed by atoms with Gasteiger partial charge in [0.25, 0.3) is 0 Å². The standard InChI is InChI=1S/C14H23N/c1-6-10(2)14(15-5)13-9-7-8-11(3)12(13)4/h7-10,14-15H,6H2,1-5H3. The molecule has 0 bridgehead atoms. The van der Waals surface area contributed by atoms with Crippen molar-refractivity contribution in [2.75, 3.05) is 7.05 Å². The van der Waals surface area contributed by atoms with Crippen LogP contribution in [0.4, 0.5) is 0 Å². The molecule has 0 radical (unpaired) electrons. The zero-order valence-corrected chi connectivity index (χ0v) is 10.6. The highest BCUT2D eigenvalue weighted by molar-refractivity contribution is 5.35. The Labute approximate surface area is 93.9 Å². The van der Waals surface area contributed by atoms with E-state index in [-0.39, 0.29) is 0 Å². The molecule has 1 N–H and O–H groups in total. The molecule has 15 heavy (non-hydrogen) atoms. The maximum absolute atomic E-state index is 3.44. The first-order valence-electron chi connectivity index (χ1n) is 5.85. The fourth-order valence-electron chi connectivity index (χ4n) is 2.09. The Hall–Kier alpha value is -0.820. The average Bonchev–Trinajstić information content (AvgIpc) is 2.24. The normalized spacial score (nSPS) is 15.0. The number of rotatable bonds is 4. The fourth-order valence-corrected chi connectivity index (χ4v) is 2.09. The lowest BCUT2D eigenvalue weighted by molar-refractivity contribution is 0.399. The number of hydrogen-bond acceptors (Lipinski definition) is 1. The second-order valence-corrected chi connectivity index (χ2v) is 4.44. The van der Waals surface area contributed by atoms with Crippen LogP contribution in [0.5, 0.6) is 0 Å². The highest BCUT2D eigenvalue weighted by Gasteiger charge is 2.17. The third kappa shape index (κ3) is 2.60. The molecule has 1 aromatic rings. The largest absolute Gasteiger partial charge is 0.313 e. The van der Waals surface area contributed by atoms with Gasteiger partial charge in [-0.25, -0.2) is 0 Å². The molecule has 1 heteroatoms. The van der Waals surface area contributed by atoms with Gasteiger partial charge in [-0.3, -0.25) is 0 Å². The summed E-state index contributed by atoms with van der Waals surface area (Å²) in [6.45, 7) is 8.96. The predicted octanol–water partition coefficient (Wildman–Crippen LogP) is 3.61. The van der Waals surface area contributed by atoms with Crippen LogP contribution >= 0.6 is 0 Å². The van der Waals surface area contributed by atoms with E-state index >= 15 is 0 Å². The van der Waals surface area contributed by atoms with E-state index in [2.05, 4.69) is 58.3 Å². The van der Waals surface area contributed by atoms with Crippen LogP contribution in [0.1, 0.15) is 43.0 Å². The molecule has 0 aromatic heterocycles. The molecule has 0 aliphatic heterocycles. The summed E-state index contributed by atoms with van der Waals surface area (Å²) in [5, 5.41) is 3.44. The zero-order valence-electron chi connectivity index (χ0n) is 10.6. The summed E-state index contributed by atoms with van der Waals surface area (Å²) in [6, 6.07) is 7.07. The minimum absolute atomic E-state index is 0.481. The Kier molecular flexibility index (Phi) is 4.34. The highest BCUT2D eigenvalue weighted by Crippen LogP contribution is 2.27. The van der Waals surface area contributed by atoms with Crippen LogP contribution in [0, 0.1) is 19.8 Å². The van der Waals surface area contributed by atoms with Crippen LogP contribution in [0.25, 0.3) is 0 Å². The minimum Gasteiger partial charge on any atom is -0.313 e. The lowest BCUT2D eigenvalue weighted by atomic mass is 9.88. The molecule has 2 atom stereocenters. The second-order valence-electron chi connectivity index (χ2n) is 4.44. The molecule has 84 valence electrons. The topological polar surface area (TPSA) is 12.0 Å². The Morgan fingerprint density at radius 2 is 1.93 bits per heavy atom. The summed E-state index contributed by atoms with van der Waals surface area (Å²) in [6.07, 6.45) is 1.21. The van der Waals surface area contributed by atoms with E-state index < -0.39 is 0 Å². The number of benzene rings is 1. The maximum atomic E-state index is 3.44. The Balaban J connectivity index is 3.07. The van der Waals surface area contributed by atoms with Crippen LogP contribution in [0.2, 0.25) is 0 Å². The molecule has 1 aromatic carbocycles. The lowest BCUT2D eigenvalue weighted by Crippen LogP contribution is -2.24. The minimum atomic E-state index is 0.481. The summed E-state index contributed by atoms with van der Waals surface area (Å²) in [7, 11) is 2.05. The summed E-state index contributed by atoms with van der Waals surface area (Å²) in [5.41, 5.74) is 4.26. The van der Waals surface area contributed by atoms with Crippen molar-refractivity contribution in [1.82, 2.24) is 5.32 Å². The van der Waals surface area contributed by atoms with E-state index in [0.29, 0.717) is 12.0 Å². The van der Waals surface area contributed by atoms with Crippen molar-refractivity contribution < 1.29 is 0 Å². The van der Waals surface area contributed by atoms with Gasteiger partial charge < -0.3 is 5.32 Å². The molecule has 0 aliphatic carbocycles. The van der Waals surface area contributed by atoms with Gasteiger partial charge in [0.15, 0.2) is 0 Å². The van der Waals surface area contributed by atoms with E-state index in [1.165, 1.54) is 23.1 Å². The van der Waals surface area contributed by atoms with Gasteiger partial charge >= 0.3 is 0 Å². The van der Waals surface area contributed by atoms with Crippen molar-refractivity contribution in [3.63, 3.8) is 0 Å². The predicted molar refractivity (Wildman–Crippen MR) is 67.2 cm³/mol. The van der Waals surface area contributed by atoms with E-state index in [0.717, 1.165) is 0 Å². The molecule has 0 spiro atoms. The van der Waals surface area contributed by atoms with E-state index in [1.54, 1.807) is 0 Å². The van der Waals surface area contributed by atoms with Crippen LogP contribution in [0.15, 0.2) is 18.2 Å². The third-order valence-corrected chi connectivity index (χ3v) is 3.51. The molecule has 1 nitrogen and oxygen atoms in total. The van der Waals surface area contributed by atoms with Crippen LogP contribution < -0.4 is 5.32 Å². The Bertz CT molecular complexity index is 317. The smallest absolute Gasteiger partial charge is 0.0346 e. The SMILES string of the molecule is CCC(C)C(NC)c1cccc(C)c1C. The molecule has 0 heterocycles. The van der Waals surface area contributed by atoms with Crippen molar-refractivity contribution in [1.29, 1.82) is 0 Å². The van der Waals surface area contributed by atoms with Gasteiger partial charge in [0.2, 0.25) is 0 Å². The second kappa shape index (κ2) is 5.32. The quantitative estimate of drug-likeness (QED) is 0.791. The first-order chi connectivity index (χ1) is 7.11. The van der Waals surface area contributed by atoms with E-state index in [4.69, 9.17) is 0 Å². The first-order valence-corrected chi connectivity index (χ1v) is 5.85. The van der Waals surface area contributed by atoms with E-state index in [9.17, 15) is 0 Å². The monoisotopic (exact) mass is 205 g/mol. The number of nitrogens with one attached hydrogen (secondary N) is 1. The zero-order chi connectivity index (χ0) is 11.4. The van der Waals surface area contributed by atoms with Gasteiger partial charge in [0.1, 0.15) is 0 Å². The number of aryl methyl sites for hydroxylation is 1. The van der Waals surface area contributed by atoms with Gasteiger partial charge in [-0.15, -0.1) is 0 Å². The molecular weight excluding hydrogens is 182 g/mol. The summed E-state index contributed by atoms with van der Waals surface area (Å²) >= 11 is 0. The molecule has 0 fully saturated rings. The molecular formula is C14H23N. The highest BCUT2D eigenvalue weighted by atomic mass is 14.9. The van der Waals surface area contributed by atoms with Crippen molar-refractivity contribution in [2.45, 2.75) is 40.2 Å². The van der Waals surface area contributed by atoms with Gasteiger partial charge in [-0.2, -0.15) is 0 Å². The van der Waals surface area contributed by atoms with Crippen LogP contribution in [0.3, 0.4) is 0 Å². The first kappa shape index (κ1) is 12.3. The molecule has 1 rings (SSSR count). The fraction of sp³-hybridized carbons (Fsp3) is 0.571. The van der Waals surface area contributed by atoms with Crippen molar-refractivity contribution >= 4 is 0 Å². The lowest BCUT2D eigenvalue weighted by Gasteiger charge is -2.25. The van der Waals surface area contributed by atoms with E-state index in [1.807, 2.05) is 0 Å². The van der Waals surface area contributed by atoms with Crippen LogP contribution in [-0.4, -0.2) is 7.05 Å². The Morgan fingerprint density at radius 3 is 2.47 bits per heavy atom. The Morgan fingerprint density at radius 1 is 1.27 bits per heavy atom. The van der Waals surface area contributed by atoms with Gasteiger partial charge in [-0.05, 0) is 43.5 Å². The summed E-state index contributed by atoms with van der Waals surface area (Å²) < 4.78 is 0. The van der Waals surface area contributed by atoms with Crippen molar-refractivity contribution in [3.05, 3.63) is 34.9 Å². The van der Waals surface area contributed by atoms with Gasteiger partial charge in [0, 0.05) is 6.04 Å². The van der Waals surface area contributed by atoms with Crippen molar-refractivity contribution in [3.8, 4) is 0 Å². The third-order valence-electron chi connectivity index (χ3n) is 3.51. The average molecular weight is 205 g/mol. The molecule has 0 saturated carbocycles. The molecule has 0 amide bonds. The van der Waals surface area contributed by atoms with Crippen molar-refractivity contribution in [2.24, 2.45) is 5.92 Å². The summed E-state index contributed by atoms with van der Waals surface area (Å²) in [4.78, 5) is 0. The van der Waals surface area contributed by atoms with Crippen LogP contribution in [-0.2, 0) is 0 Å². The molecule has 0 saturated heterocycles. The molecule has 2 unspecified atom stereocenters. The summed E-state index contributed by atoms with van der Waals surface area (Å²) in [5.74, 6) is 0.676.